The van der Waals surface area contributed by atoms with E-state index in [2.05, 4.69) is 9.71 Å². The third kappa shape index (κ3) is 2.90. The normalized spacial score (nSPS) is 11.8. The second-order valence-electron chi connectivity index (χ2n) is 3.16. The number of rotatable bonds is 5. The molecule has 8 heteroatoms. The molecule has 0 amide bonds. The minimum absolute atomic E-state index is 0.148. The van der Waals surface area contributed by atoms with E-state index in [0.29, 0.717) is 4.88 Å². The van der Waals surface area contributed by atoms with Crippen molar-refractivity contribution < 1.29 is 13.5 Å². The van der Waals surface area contributed by atoms with Crippen LogP contribution in [0.5, 0.6) is 0 Å². The fourth-order valence-corrected chi connectivity index (χ4v) is 4.18. The van der Waals surface area contributed by atoms with Crippen LogP contribution in [0.2, 0.25) is 0 Å². The maximum Gasteiger partial charge on any atom is 0.242 e. The van der Waals surface area contributed by atoms with Gasteiger partial charge in [-0.25, -0.2) is 13.1 Å². The highest BCUT2D eigenvalue weighted by Gasteiger charge is 2.19. The van der Waals surface area contributed by atoms with Gasteiger partial charge in [-0.1, -0.05) is 0 Å². The summed E-state index contributed by atoms with van der Waals surface area (Å²) < 4.78 is 26.4. The van der Waals surface area contributed by atoms with Crippen molar-refractivity contribution in [1.82, 2.24) is 9.71 Å². The second-order valence-corrected chi connectivity index (χ2v) is 6.87. The van der Waals surface area contributed by atoms with Gasteiger partial charge in [-0.3, -0.25) is 4.98 Å². The first-order valence-corrected chi connectivity index (χ1v) is 7.92. The predicted molar refractivity (Wildman–Crippen MR) is 66.4 cm³/mol. The summed E-state index contributed by atoms with van der Waals surface area (Å²) in [6.07, 6.45) is 1.62. The van der Waals surface area contributed by atoms with E-state index in [0.717, 1.165) is 4.88 Å². The van der Waals surface area contributed by atoms with Crippen molar-refractivity contribution in [3.8, 4) is 0 Å². The Hall–Kier alpha value is -0.800. The molecule has 0 saturated heterocycles. The SMILES string of the molecule is O=S(=O)(NCc1cncs1)c1ccsc1CO. The van der Waals surface area contributed by atoms with Gasteiger partial charge in [0.2, 0.25) is 10.0 Å². The fraction of sp³-hybridized carbons (Fsp3) is 0.222. The van der Waals surface area contributed by atoms with Crippen molar-refractivity contribution in [3.63, 3.8) is 0 Å². The van der Waals surface area contributed by atoms with Gasteiger partial charge in [-0.15, -0.1) is 22.7 Å². The molecule has 2 aromatic rings. The average Bonchev–Trinajstić information content (AvgIpc) is 2.97. The van der Waals surface area contributed by atoms with Crippen LogP contribution in [-0.2, 0) is 23.2 Å². The van der Waals surface area contributed by atoms with Crippen molar-refractivity contribution in [2.45, 2.75) is 18.0 Å². The van der Waals surface area contributed by atoms with Gasteiger partial charge in [0.15, 0.2) is 0 Å². The summed E-state index contributed by atoms with van der Waals surface area (Å²) >= 11 is 2.61. The van der Waals surface area contributed by atoms with Gasteiger partial charge < -0.3 is 5.11 Å². The van der Waals surface area contributed by atoms with Crippen molar-refractivity contribution in [2.75, 3.05) is 0 Å². The van der Waals surface area contributed by atoms with Crippen LogP contribution in [0.3, 0.4) is 0 Å². The third-order valence-corrected chi connectivity index (χ3v) is 5.36. The topological polar surface area (TPSA) is 79.3 Å². The molecule has 2 rings (SSSR count). The lowest BCUT2D eigenvalue weighted by molar-refractivity contribution is 0.282. The minimum Gasteiger partial charge on any atom is -0.391 e. The number of aliphatic hydroxyl groups excluding tert-OH is 1. The minimum atomic E-state index is -3.56. The monoisotopic (exact) mass is 290 g/mol. The molecule has 0 fully saturated rings. The Bertz CT molecular complexity index is 574. The van der Waals surface area contributed by atoms with Crippen LogP contribution in [0.4, 0.5) is 0 Å². The molecule has 2 aromatic heterocycles. The quantitative estimate of drug-likeness (QED) is 0.866. The molecule has 0 atom stereocenters. The van der Waals surface area contributed by atoms with Crippen LogP contribution in [0, 0.1) is 0 Å². The van der Waals surface area contributed by atoms with Gasteiger partial charge in [0.05, 0.1) is 17.0 Å². The van der Waals surface area contributed by atoms with E-state index in [4.69, 9.17) is 5.11 Å². The maximum absolute atomic E-state index is 11.9. The molecular formula is C9H10N2O3S3. The van der Waals surface area contributed by atoms with Gasteiger partial charge in [-0.05, 0) is 11.4 Å². The van der Waals surface area contributed by atoms with Gasteiger partial charge in [0.1, 0.15) is 0 Å². The lowest BCUT2D eigenvalue weighted by atomic mass is 10.5. The molecular weight excluding hydrogens is 280 g/mol. The number of hydrogen-bond acceptors (Lipinski definition) is 6. The number of thiophene rings is 1. The second kappa shape index (κ2) is 5.23. The third-order valence-electron chi connectivity index (χ3n) is 2.06. The standard InChI is InChI=1S/C9H10N2O3S3/c12-5-8-9(1-2-15-8)17(13,14)11-4-7-3-10-6-16-7/h1-3,6,11-12H,4-5H2. The van der Waals surface area contributed by atoms with E-state index in [1.54, 1.807) is 17.1 Å². The molecule has 5 nitrogen and oxygen atoms in total. The first kappa shape index (κ1) is 12.7. The summed E-state index contributed by atoms with van der Waals surface area (Å²) in [4.78, 5) is 5.30. The van der Waals surface area contributed by atoms with Crippen molar-refractivity contribution in [2.24, 2.45) is 0 Å². The number of hydrogen-bond donors (Lipinski definition) is 2. The van der Waals surface area contributed by atoms with Gasteiger partial charge in [-0.2, -0.15) is 0 Å². The molecule has 17 heavy (non-hydrogen) atoms. The number of thiazole rings is 1. The molecule has 2 N–H and O–H groups in total. The maximum atomic E-state index is 11.9. The zero-order valence-electron chi connectivity index (χ0n) is 8.66. The number of aliphatic hydroxyl groups is 1. The molecule has 92 valence electrons. The Labute approximate surface area is 107 Å². The molecule has 2 heterocycles. The number of nitrogens with zero attached hydrogens (tertiary/aromatic N) is 1. The summed E-state index contributed by atoms with van der Waals surface area (Å²) in [5, 5.41) is 10.7. The number of nitrogens with one attached hydrogen (secondary N) is 1. The largest absolute Gasteiger partial charge is 0.391 e. The van der Waals surface area contributed by atoms with Crippen LogP contribution < -0.4 is 4.72 Å². The highest BCUT2D eigenvalue weighted by molar-refractivity contribution is 7.89. The van der Waals surface area contributed by atoms with Crippen LogP contribution in [-0.4, -0.2) is 18.5 Å². The van der Waals surface area contributed by atoms with Crippen molar-refractivity contribution in [1.29, 1.82) is 0 Å². The highest BCUT2D eigenvalue weighted by atomic mass is 32.2. The summed E-state index contributed by atoms with van der Waals surface area (Å²) in [6.45, 7) is -0.0534. The van der Waals surface area contributed by atoms with E-state index in [9.17, 15) is 8.42 Å². The van der Waals surface area contributed by atoms with Crippen molar-refractivity contribution >= 4 is 32.7 Å². The Balaban J connectivity index is 2.14. The van der Waals surface area contributed by atoms with E-state index in [-0.39, 0.29) is 18.0 Å². The molecule has 0 unspecified atom stereocenters. The summed E-state index contributed by atoms with van der Waals surface area (Å²) in [7, 11) is -3.56. The Morgan fingerprint density at radius 2 is 2.24 bits per heavy atom. The van der Waals surface area contributed by atoms with E-state index >= 15 is 0 Å². The van der Waals surface area contributed by atoms with Gasteiger partial charge in [0, 0.05) is 22.5 Å². The Morgan fingerprint density at radius 3 is 2.88 bits per heavy atom. The van der Waals surface area contributed by atoms with Crippen LogP contribution >= 0.6 is 22.7 Å². The summed E-state index contributed by atoms with van der Waals surface area (Å²) in [5.41, 5.74) is 1.65. The Kier molecular flexibility index (Phi) is 3.89. The molecule has 0 saturated carbocycles. The molecule has 0 aliphatic carbocycles. The lowest BCUT2D eigenvalue weighted by Crippen LogP contribution is -2.23. The fourth-order valence-electron chi connectivity index (χ4n) is 1.26. The smallest absolute Gasteiger partial charge is 0.242 e. The summed E-state index contributed by atoms with van der Waals surface area (Å²) in [6, 6.07) is 1.49. The van der Waals surface area contributed by atoms with E-state index in [1.807, 2.05) is 0 Å². The Morgan fingerprint density at radius 1 is 1.41 bits per heavy atom. The first-order valence-electron chi connectivity index (χ1n) is 4.68. The molecule has 0 aliphatic rings. The zero-order valence-corrected chi connectivity index (χ0v) is 11.1. The first-order chi connectivity index (χ1) is 8.13. The number of aromatic nitrogens is 1. The zero-order chi connectivity index (χ0) is 12.3. The van der Waals surface area contributed by atoms with Gasteiger partial charge >= 0.3 is 0 Å². The summed E-state index contributed by atoms with van der Waals surface area (Å²) in [5.74, 6) is 0. The molecule has 0 spiro atoms. The van der Waals surface area contributed by atoms with Crippen molar-refractivity contribution in [3.05, 3.63) is 32.9 Å². The van der Waals surface area contributed by atoms with E-state index in [1.165, 1.54) is 28.7 Å². The highest BCUT2D eigenvalue weighted by Crippen LogP contribution is 2.22. The molecule has 0 bridgehead atoms. The lowest BCUT2D eigenvalue weighted by Gasteiger charge is -2.05. The van der Waals surface area contributed by atoms with Crippen LogP contribution in [0.15, 0.2) is 28.0 Å². The molecule has 0 aliphatic heterocycles. The number of sulfonamides is 1. The van der Waals surface area contributed by atoms with Crippen LogP contribution in [0.25, 0.3) is 0 Å². The predicted octanol–water partition coefficient (Wildman–Crippen LogP) is 1.18. The molecule has 0 radical (unpaired) electrons. The van der Waals surface area contributed by atoms with Gasteiger partial charge in [0.25, 0.3) is 0 Å². The van der Waals surface area contributed by atoms with Crippen LogP contribution in [0.1, 0.15) is 9.75 Å². The average molecular weight is 290 g/mol. The van der Waals surface area contributed by atoms with E-state index < -0.39 is 10.0 Å². The molecule has 0 aromatic carbocycles.